The van der Waals surface area contributed by atoms with Gasteiger partial charge in [0, 0.05) is 38.3 Å². The summed E-state index contributed by atoms with van der Waals surface area (Å²) in [5, 5.41) is 5.97. The highest BCUT2D eigenvalue weighted by Gasteiger charge is 2.18. The fraction of sp³-hybridized carbons (Fsp3) is 0.348. The molecular weight excluding hydrogens is 420 g/mol. The van der Waals surface area contributed by atoms with Crippen molar-refractivity contribution in [3.63, 3.8) is 0 Å². The number of ether oxygens (including phenoxy) is 1. The highest BCUT2D eigenvalue weighted by Crippen LogP contribution is 2.18. The number of piperazine rings is 1. The van der Waals surface area contributed by atoms with Gasteiger partial charge >= 0.3 is 0 Å². The Balaban J connectivity index is 1.49. The van der Waals surface area contributed by atoms with Crippen molar-refractivity contribution in [3.8, 4) is 5.75 Å². The molecule has 2 N–H and O–H groups in total. The van der Waals surface area contributed by atoms with Crippen molar-refractivity contribution in [1.82, 2.24) is 24.8 Å². The van der Waals surface area contributed by atoms with E-state index in [1.54, 1.807) is 49.6 Å². The molecule has 0 bridgehead atoms. The molecule has 1 aliphatic rings. The molecule has 1 fully saturated rings. The average molecular weight is 449 g/mol. The standard InChI is InChI=1S/C23H28N8O2/c1-4-19-26-22(29-23(28-19)31-14-12-30(2)13-15-31)27-20-7-5-6-18(25-20)21(32)24-16-8-10-17(33-3)11-9-16/h5-11H,4,12-15H2,1-3H3,(H,24,32)(H,25,26,27,28,29). The first-order chi connectivity index (χ1) is 16.0. The summed E-state index contributed by atoms with van der Waals surface area (Å²) in [4.78, 5) is 35.3. The van der Waals surface area contributed by atoms with Crippen LogP contribution in [0.4, 0.5) is 23.4 Å². The number of carbonyl (C=O) groups is 1. The van der Waals surface area contributed by atoms with E-state index in [-0.39, 0.29) is 11.6 Å². The summed E-state index contributed by atoms with van der Waals surface area (Å²) < 4.78 is 5.14. The van der Waals surface area contributed by atoms with E-state index in [9.17, 15) is 4.79 Å². The molecule has 10 nitrogen and oxygen atoms in total. The van der Waals surface area contributed by atoms with Crippen LogP contribution in [0, 0.1) is 0 Å². The first kappa shape index (κ1) is 22.4. The molecule has 3 heterocycles. The Labute approximate surface area is 193 Å². The maximum atomic E-state index is 12.7. The fourth-order valence-electron chi connectivity index (χ4n) is 3.38. The van der Waals surface area contributed by atoms with Crippen molar-refractivity contribution in [2.45, 2.75) is 13.3 Å². The van der Waals surface area contributed by atoms with Gasteiger partial charge in [-0.15, -0.1) is 0 Å². The van der Waals surface area contributed by atoms with Gasteiger partial charge in [-0.05, 0) is 43.4 Å². The lowest BCUT2D eigenvalue weighted by Gasteiger charge is -2.32. The van der Waals surface area contributed by atoms with E-state index < -0.39 is 0 Å². The predicted molar refractivity (Wildman–Crippen MR) is 127 cm³/mol. The number of anilines is 4. The molecule has 0 unspecified atom stereocenters. The topological polar surface area (TPSA) is 108 Å². The van der Waals surface area contributed by atoms with E-state index in [1.807, 2.05) is 6.92 Å². The van der Waals surface area contributed by atoms with Gasteiger partial charge in [0.25, 0.3) is 5.91 Å². The molecular formula is C23H28N8O2. The number of carbonyl (C=O) groups excluding carboxylic acids is 1. The quantitative estimate of drug-likeness (QED) is 0.564. The first-order valence-corrected chi connectivity index (χ1v) is 10.9. The third-order valence-corrected chi connectivity index (χ3v) is 5.34. The van der Waals surface area contributed by atoms with E-state index in [1.165, 1.54) is 0 Å². The zero-order valence-corrected chi connectivity index (χ0v) is 19.1. The number of hydrogen-bond donors (Lipinski definition) is 2. The minimum absolute atomic E-state index is 0.278. The van der Waals surface area contributed by atoms with Crippen LogP contribution in [0.5, 0.6) is 5.75 Å². The van der Waals surface area contributed by atoms with Crippen LogP contribution in [0.25, 0.3) is 0 Å². The monoisotopic (exact) mass is 448 g/mol. The summed E-state index contributed by atoms with van der Waals surface area (Å²) in [6, 6.07) is 12.3. The van der Waals surface area contributed by atoms with E-state index in [0.717, 1.165) is 31.9 Å². The fourth-order valence-corrected chi connectivity index (χ4v) is 3.38. The lowest BCUT2D eigenvalue weighted by atomic mass is 10.2. The number of hydrogen-bond acceptors (Lipinski definition) is 9. The molecule has 10 heteroatoms. The number of methoxy groups -OCH3 is 1. The number of benzene rings is 1. The molecule has 3 aromatic rings. The highest BCUT2D eigenvalue weighted by atomic mass is 16.5. The molecule has 172 valence electrons. The number of likely N-dealkylation sites (N-methyl/N-ethyl adjacent to an activating group) is 1. The number of aryl methyl sites for hydroxylation is 1. The van der Waals surface area contributed by atoms with Crippen molar-refractivity contribution in [3.05, 3.63) is 54.0 Å². The number of aromatic nitrogens is 4. The second-order valence-corrected chi connectivity index (χ2v) is 7.73. The molecule has 2 aromatic heterocycles. The smallest absolute Gasteiger partial charge is 0.274 e. The Morgan fingerprint density at radius 1 is 1.00 bits per heavy atom. The predicted octanol–water partition coefficient (Wildman–Crippen LogP) is 2.59. The Kier molecular flexibility index (Phi) is 6.94. The Bertz CT molecular complexity index is 1100. The van der Waals surface area contributed by atoms with Gasteiger partial charge in [0.05, 0.1) is 7.11 Å². The molecule has 0 radical (unpaired) electrons. The molecule has 1 amide bonds. The Morgan fingerprint density at radius 3 is 2.45 bits per heavy atom. The van der Waals surface area contributed by atoms with Gasteiger partial charge in [0.2, 0.25) is 11.9 Å². The Morgan fingerprint density at radius 2 is 1.76 bits per heavy atom. The van der Waals surface area contributed by atoms with Crippen LogP contribution in [-0.2, 0) is 6.42 Å². The van der Waals surface area contributed by atoms with Crippen LogP contribution in [0.1, 0.15) is 23.2 Å². The molecule has 1 aromatic carbocycles. The van der Waals surface area contributed by atoms with E-state index in [2.05, 4.69) is 47.4 Å². The second kappa shape index (κ2) is 10.2. The van der Waals surface area contributed by atoms with E-state index in [0.29, 0.717) is 35.6 Å². The van der Waals surface area contributed by atoms with Gasteiger partial charge in [0.15, 0.2) is 0 Å². The lowest BCUT2D eigenvalue weighted by molar-refractivity contribution is 0.102. The molecule has 0 aliphatic carbocycles. The van der Waals surface area contributed by atoms with Crippen molar-refractivity contribution in [2.75, 3.05) is 55.9 Å². The number of nitrogens with zero attached hydrogens (tertiary/aromatic N) is 6. The summed E-state index contributed by atoms with van der Waals surface area (Å²) in [7, 11) is 3.71. The van der Waals surface area contributed by atoms with E-state index >= 15 is 0 Å². The summed E-state index contributed by atoms with van der Waals surface area (Å²) in [6.45, 7) is 5.66. The molecule has 33 heavy (non-hydrogen) atoms. The number of pyridine rings is 1. The van der Waals surface area contributed by atoms with Crippen LogP contribution >= 0.6 is 0 Å². The molecule has 4 rings (SSSR count). The zero-order valence-electron chi connectivity index (χ0n) is 19.1. The molecule has 0 spiro atoms. The molecule has 0 saturated carbocycles. The summed E-state index contributed by atoms with van der Waals surface area (Å²) >= 11 is 0. The average Bonchev–Trinajstić information content (AvgIpc) is 2.85. The van der Waals surface area contributed by atoms with Crippen LogP contribution in [-0.4, -0.2) is 71.1 Å². The third-order valence-electron chi connectivity index (χ3n) is 5.34. The highest BCUT2D eigenvalue weighted by molar-refractivity contribution is 6.03. The molecule has 1 saturated heterocycles. The summed E-state index contributed by atoms with van der Waals surface area (Å²) in [6.07, 6.45) is 0.690. The second-order valence-electron chi connectivity index (χ2n) is 7.73. The summed E-state index contributed by atoms with van der Waals surface area (Å²) in [5.41, 5.74) is 0.933. The van der Waals surface area contributed by atoms with Crippen molar-refractivity contribution < 1.29 is 9.53 Å². The number of nitrogens with one attached hydrogen (secondary N) is 2. The largest absolute Gasteiger partial charge is 0.497 e. The minimum Gasteiger partial charge on any atom is -0.497 e. The molecule has 1 aliphatic heterocycles. The van der Waals surface area contributed by atoms with Gasteiger partial charge in [-0.3, -0.25) is 4.79 Å². The zero-order chi connectivity index (χ0) is 23.2. The normalized spacial score (nSPS) is 14.1. The third kappa shape index (κ3) is 5.72. The SMILES string of the molecule is CCc1nc(Nc2cccc(C(=O)Nc3ccc(OC)cc3)n2)nc(N2CCN(C)CC2)n1. The van der Waals surface area contributed by atoms with Crippen LogP contribution in [0.3, 0.4) is 0 Å². The van der Waals surface area contributed by atoms with Gasteiger partial charge in [0.1, 0.15) is 23.1 Å². The van der Waals surface area contributed by atoms with Gasteiger partial charge in [-0.1, -0.05) is 13.0 Å². The molecule has 0 atom stereocenters. The van der Waals surface area contributed by atoms with Crippen LogP contribution < -0.4 is 20.3 Å². The van der Waals surface area contributed by atoms with E-state index in [4.69, 9.17) is 4.74 Å². The number of rotatable bonds is 7. The Hall–Kier alpha value is -3.79. The first-order valence-electron chi connectivity index (χ1n) is 10.9. The number of amides is 1. The van der Waals surface area contributed by atoms with Crippen molar-refractivity contribution >= 4 is 29.3 Å². The van der Waals surface area contributed by atoms with Crippen molar-refractivity contribution in [1.29, 1.82) is 0 Å². The van der Waals surface area contributed by atoms with Crippen LogP contribution in [0.15, 0.2) is 42.5 Å². The summed E-state index contributed by atoms with van der Waals surface area (Å²) in [5.74, 6) is 2.66. The maximum absolute atomic E-state index is 12.7. The van der Waals surface area contributed by atoms with Gasteiger partial charge < -0.3 is 25.2 Å². The van der Waals surface area contributed by atoms with Crippen molar-refractivity contribution in [2.24, 2.45) is 0 Å². The van der Waals surface area contributed by atoms with Crippen LogP contribution in [0.2, 0.25) is 0 Å². The van der Waals surface area contributed by atoms with Gasteiger partial charge in [-0.2, -0.15) is 15.0 Å². The maximum Gasteiger partial charge on any atom is 0.274 e. The lowest BCUT2D eigenvalue weighted by Crippen LogP contribution is -2.45. The van der Waals surface area contributed by atoms with Gasteiger partial charge in [-0.25, -0.2) is 4.98 Å². The minimum atomic E-state index is -0.313.